The van der Waals surface area contributed by atoms with Crippen molar-refractivity contribution < 1.29 is 42.6 Å². The zero-order chi connectivity index (χ0) is 20.8. The van der Waals surface area contributed by atoms with Gasteiger partial charge in [0.25, 0.3) is 5.09 Å². The van der Waals surface area contributed by atoms with Crippen LogP contribution in [-0.2, 0) is 37.5 Å². The van der Waals surface area contributed by atoms with Crippen molar-refractivity contribution in [2.45, 2.75) is 0 Å². The number of aliphatic imine (C=N–C) groups is 1. The van der Waals surface area contributed by atoms with Crippen molar-refractivity contribution >= 4 is 56.4 Å². The van der Waals surface area contributed by atoms with Gasteiger partial charge in [-0.3, -0.25) is 0 Å². The smallest absolute Gasteiger partial charge is 0.294 e. The van der Waals surface area contributed by atoms with E-state index in [1.54, 1.807) is 18.2 Å². The van der Waals surface area contributed by atoms with Crippen molar-refractivity contribution in [3.05, 3.63) is 61.2 Å². The van der Waals surface area contributed by atoms with Crippen LogP contribution >= 0.6 is 44.8 Å². The van der Waals surface area contributed by atoms with Gasteiger partial charge in [0.05, 0.1) is 21.6 Å². The number of benzene rings is 1. The van der Waals surface area contributed by atoms with E-state index in [0.29, 0.717) is 22.9 Å². The standard InChI is InChI=1S/C9H10Cl2N5.C4H9N2O3S2.Y/c10-5-3-1-2-4(6(5)11)7(12)8(13)16-9(14)15;5-1-3-10-11-4-2-9-6(7)8;/h1-3H,12-13H2,(H3-,14,15,16);5H,1-4H2;/q2*-1;/b8-7-;;. The summed E-state index contributed by atoms with van der Waals surface area (Å²) < 4.78 is 0. The molecular weight excluding hydrogens is 526 g/mol. The fourth-order valence-corrected chi connectivity index (χ4v) is 3.37. The Labute approximate surface area is 205 Å². The molecular formula is C13H19Cl2N7O3S2Y-2. The molecule has 0 spiro atoms. The molecule has 8 N–H and O–H groups in total. The van der Waals surface area contributed by atoms with Crippen LogP contribution in [0.2, 0.25) is 10.0 Å². The number of hydrogen-bond acceptors (Lipinski definition) is 8. The number of rotatable bonds is 9. The normalized spacial score (nSPS) is 11.5. The predicted octanol–water partition coefficient (Wildman–Crippen LogP) is 3.53. The molecule has 1 aromatic carbocycles. The van der Waals surface area contributed by atoms with Crippen LogP contribution in [0, 0.1) is 10.1 Å². The average molecular weight is 545 g/mol. The van der Waals surface area contributed by atoms with Crippen LogP contribution in [0.15, 0.2) is 29.0 Å². The summed E-state index contributed by atoms with van der Waals surface area (Å²) in [7, 11) is 3.02. The van der Waals surface area contributed by atoms with E-state index >= 15 is 0 Å². The Morgan fingerprint density at radius 1 is 1.25 bits per heavy atom. The number of hydrogen-bond donors (Lipinski definition) is 3. The van der Waals surface area contributed by atoms with Gasteiger partial charge in [-0.15, -0.1) is 16.7 Å². The quantitative estimate of drug-likeness (QED) is 0.105. The molecule has 0 aliphatic heterocycles. The Morgan fingerprint density at radius 3 is 2.39 bits per heavy atom. The maximum Gasteiger partial charge on any atom is 0.294 e. The Balaban J connectivity index is 0. The van der Waals surface area contributed by atoms with Crippen LogP contribution in [-0.4, -0.2) is 35.7 Å². The largest absolute Gasteiger partial charge is 0.677 e. The average Bonchev–Trinajstić information content (AvgIpc) is 2.59. The first-order valence-electron chi connectivity index (χ1n) is 7.12. The van der Waals surface area contributed by atoms with Gasteiger partial charge in [0.1, 0.15) is 6.61 Å². The van der Waals surface area contributed by atoms with Gasteiger partial charge in [0.2, 0.25) is 0 Å². The minimum atomic E-state index is -0.796. The molecule has 155 valence electrons. The van der Waals surface area contributed by atoms with Crippen molar-refractivity contribution in [3.63, 3.8) is 0 Å². The fraction of sp³-hybridized carbons (Fsp3) is 0.308. The van der Waals surface area contributed by atoms with Crippen LogP contribution in [0.25, 0.3) is 17.2 Å². The number of nitrogens with one attached hydrogen (secondary N) is 2. The molecule has 0 atom stereocenters. The van der Waals surface area contributed by atoms with E-state index in [1.165, 1.54) is 21.6 Å². The molecule has 0 aliphatic carbocycles. The topological polar surface area (TPSA) is 190 Å². The monoisotopic (exact) mass is 544 g/mol. The summed E-state index contributed by atoms with van der Waals surface area (Å²) in [5, 5.41) is 9.47. The van der Waals surface area contributed by atoms with E-state index < -0.39 is 11.0 Å². The number of nitrogens with two attached hydrogens (primary N) is 3. The Morgan fingerprint density at radius 2 is 1.86 bits per heavy atom. The molecule has 0 amide bonds. The second kappa shape index (κ2) is 17.3. The first-order chi connectivity index (χ1) is 12.7. The van der Waals surface area contributed by atoms with Crippen LogP contribution in [0.4, 0.5) is 0 Å². The van der Waals surface area contributed by atoms with Crippen LogP contribution in [0.1, 0.15) is 5.56 Å². The van der Waals surface area contributed by atoms with E-state index in [0.717, 1.165) is 5.75 Å². The molecule has 10 nitrogen and oxygen atoms in total. The molecule has 0 aliphatic rings. The van der Waals surface area contributed by atoms with Crippen molar-refractivity contribution in [2.75, 3.05) is 24.7 Å². The molecule has 0 fully saturated rings. The maximum atomic E-state index is 9.63. The first-order valence-corrected chi connectivity index (χ1v) is 10.4. The van der Waals surface area contributed by atoms with Gasteiger partial charge in [0.15, 0.2) is 0 Å². The van der Waals surface area contributed by atoms with Gasteiger partial charge in [-0.05, 0) is 11.8 Å². The van der Waals surface area contributed by atoms with Gasteiger partial charge in [0, 0.05) is 50.0 Å². The summed E-state index contributed by atoms with van der Waals surface area (Å²) in [6.07, 6.45) is 0. The van der Waals surface area contributed by atoms with Gasteiger partial charge in [-0.2, -0.15) is 0 Å². The number of guanidine groups is 1. The number of nitrogens with zero attached hydrogens (tertiary/aromatic N) is 2. The van der Waals surface area contributed by atoms with Crippen LogP contribution < -0.4 is 17.2 Å². The van der Waals surface area contributed by atoms with Crippen LogP contribution in [0.5, 0.6) is 0 Å². The third kappa shape index (κ3) is 13.5. The Kier molecular flexibility index (Phi) is 18.2. The zero-order valence-corrected chi connectivity index (χ0v) is 20.5. The third-order valence-electron chi connectivity index (χ3n) is 2.39. The second-order valence-electron chi connectivity index (χ2n) is 4.35. The molecule has 1 aromatic rings. The molecule has 0 aromatic heterocycles. The SMILES string of the molecule is [NH-]/C(N)=N/C(N)=C(\N)c1cccc(Cl)c1Cl.[NH-]CCSSCCO[N+](=O)[O-].[Y]. The molecule has 1 radical (unpaired) electrons. The minimum Gasteiger partial charge on any atom is -0.677 e. The zero-order valence-electron chi connectivity index (χ0n) is 14.6. The van der Waals surface area contributed by atoms with E-state index in [-0.39, 0.29) is 55.9 Å². The Bertz CT molecular complexity index is 680. The van der Waals surface area contributed by atoms with Gasteiger partial charge >= 0.3 is 0 Å². The van der Waals surface area contributed by atoms with Gasteiger partial charge < -0.3 is 38.5 Å². The van der Waals surface area contributed by atoms with E-state index in [2.05, 4.69) is 9.83 Å². The molecule has 0 bridgehead atoms. The van der Waals surface area contributed by atoms with E-state index in [1.807, 2.05) is 0 Å². The summed E-state index contributed by atoms with van der Waals surface area (Å²) in [5.74, 6) is 0.838. The summed E-state index contributed by atoms with van der Waals surface area (Å²) in [6, 6.07) is 4.95. The molecule has 28 heavy (non-hydrogen) atoms. The summed E-state index contributed by atoms with van der Waals surface area (Å²) in [5.41, 5.74) is 30.6. The molecule has 0 unspecified atom stereocenters. The molecule has 0 saturated heterocycles. The van der Waals surface area contributed by atoms with E-state index in [9.17, 15) is 10.1 Å². The second-order valence-corrected chi connectivity index (χ2v) is 7.84. The van der Waals surface area contributed by atoms with Crippen molar-refractivity contribution in [1.29, 1.82) is 0 Å². The van der Waals surface area contributed by atoms with Crippen LogP contribution in [0.3, 0.4) is 0 Å². The summed E-state index contributed by atoms with van der Waals surface area (Å²) in [4.78, 5) is 17.2. The predicted molar refractivity (Wildman–Crippen MR) is 115 cm³/mol. The summed E-state index contributed by atoms with van der Waals surface area (Å²) in [6.45, 7) is 0.510. The van der Waals surface area contributed by atoms with Gasteiger partial charge in [-0.25, -0.2) is 0 Å². The van der Waals surface area contributed by atoms with Crippen molar-refractivity contribution in [1.82, 2.24) is 0 Å². The van der Waals surface area contributed by atoms with Gasteiger partial charge in [-0.1, -0.05) is 56.9 Å². The maximum absolute atomic E-state index is 9.63. The number of halogens is 2. The molecule has 0 saturated carbocycles. The van der Waals surface area contributed by atoms with Crippen molar-refractivity contribution in [2.24, 2.45) is 22.2 Å². The molecule has 1 rings (SSSR count). The first kappa shape index (κ1) is 29.6. The Hall–Kier alpha value is -0.626. The fourth-order valence-electron chi connectivity index (χ4n) is 1.35. The van der Waals surface area contributed by atoms with E-state index in [4.69, 9.17) is 51.9 Å². The van der Waals surface area contributed by atoms with Crippen molar-refractivity contribution in [3.8, 4) is 0 Å². The third-order valence-corrected chi connectivity index (χ3v) is 5.58. The summed E-state index contributed by atoms with van der Waals surface area (Å²) >= 11 is 11.8. The molecule has 0 heterocycles. The molecule has 15 heteroatoms. The minimum absolute atomic E-state index is 0.